The van der Waals surface area contributed by atoms with Gasteiger partial charge in [0.05, 0.1) is 12.3 Å². The molecular formula is C19H19NO3. The van der Waals surface area contributed by atoms with Crippen molar-refractivity contribution in [3.63, 3.8) is 0 Å². The van der Waals surface area contributed by atoms with Crippen molar-refractivity contribution in [2.45, 2.75) is 25.3 Å². The van der Waals surface area contributed by atoms with Crippen LogP contribution in [-0.4, -0.2) is 28.4 Å². The predicted octanol–water partition coefficient (Wildman–Crippen LogP) is 2.83. The molecule has 1 N–H and O–H groups in total. The predicted molar refractivity (Wildman–Crippen MR) is 87.0 cm³/mol. The fourth-order valence-electron chi connectivity index (χ4n) is 3.00. The summed E-state index contributed by atoms with van der Waals surface area (Å²) in [5.74, 6) is -0.998. The number of carboxylic acids is 1. The average Bonchev–Trinajstić information content (AvgIpc) is 2.53. The van der Waals surface area contributed by atoms with E-state index in [9.17, 15) is 9.59 Å². The maximum atomic E-state index is 12.8. The van der Waals surface area contributed by atoms with E-state index in [0.29, 0.717) is 6.54 Å². The zero-order valence-electron chi connectivity index (χ0n) is 12.8. The zero-order valence-corrected chi connectivity index (χ0v) is 12.8. The summed E-state index contributed by atoms with van der Waals surface area (Å²) in [4.78, 5) is 25.4. The van der Waals surface area contributed by atoms with E-state index in [-0.39, 0.29) is 24.8 Å². The van der Waals surface area contributed by atoms with Crippen LogP contribution in [-0.2, 0) is 22.6 Å². The second kappa shape index (κ2) is 6.65. The summed E-state index contributed by atoms with van der Waals surface area (Å²) in [5, 5.41) is 8.94. The van der Waals surface area contributed by atoms with E-state index in [1.165, 1.54) is 5.56 Å². The second-order valence-corrected chi connectivity index (χ2v) is 5.84. The van der Waals surface area contributed by atoms with E-state index >= 15 is 0 Å². The second-order valence-electron chi connectivity index (χ2n) is 5.84. The first-order valence-corrected chi connectivity index (χ1v) is 7.77. The molecule has 4 nitrogen and oxygen atoms in total. The van der Waals surface area contributed by atoms with Gasteiger partial charge < -0.3 is 10.0 Å². The molecule has 0 bridgehead atoms. The largest absolute Gasteiger partial charge is 0.481 e. The minimum atomic E-state index is -0.884. The van der Waals surface area contributed by atoms with Gasteiger partial charge in [0.2, 0.25) is 5.91 Å². The molecule has 0 saturated heterocycles. The standard InChI is InChI=1S/C19H19NO3/c21-18(22)10-11-20(13-14-6-2-1-3-7-14)19(23)17-12-15-8-4-5-9-16(15)17/h1-9,17H,10-13H2,(H,21,22). The van der Waals surface area contributed by atoms with Gasteiger partial charge in [0.1, 0.15) is 0 Å². The Bertz CT molecular complexity index is 712. The van der Waals surface area contributed by atoms with E-state index < -0.39 is 5.97 Å². The molecule has 23 heavy (non-hydrogen) atoms. The van der Waals surface area contributed by atoms with Crippen molar-refractivity contribution in [1.82, 2.24) is 4.90 Å². The van der Waals surface area contributed by atoms with Crippen LogP contribution in [0.2, 0.25) is 0 Å². The smallest absolute Gasteiger partial charge is 0.305 e. The van der Waals surface area contributed by atoms with Gasteiger partial charge >= 0.3 is 5.97 Å². The number of hydrogen-bond acceptors (Lipinski definition) is 2. The fourth-order valence-corrected chi connectivity index (χ4v) is 3.00. The molecule has 0 radical (unpaired) electrons. The monoisotopic (exact) mass is 309 g/mol. The summed E-state index contributed by atoms with van der Waals surface area (Å²) in [5.41, 5.74) is 3.30. The topological polar surface area (TPSA) is 57.6 Å². The van der Waals surface area contributed by atoms with Gasteiger partial charge in [-0.25, -0.2) is 0 Å². The molecule has 0 aromatic heterocycles. The van der Waals surface area contributed by atoms with Crippen molar-refractivity contribution >= 4 is 11.9 Å². The highest BCUT2D eigenvalue weighted by Crippen LogP contribution is 2.36. The lowest BCUT2D eigenvalue weighted by Gasteiger charge is -2.34. The van der Waals surface area contributed by atoms with Crippen LogP contribution < -0.4 is 0 Å². The summed E-state index contributed by atoms with van der Waals surface area (Å²) in [6.07, 6.45) is 0.709. The molecule has 1 amide bonds. The van der Waals surface area contributed by atoms with Gasteiger partial charge in [-0.05, 0) is 23.1 Å². The molecule has 4 heteroatoms. The van der Waals surface area contributed by atoms with Crippen molar-refractivity contribution in [2.24, 2.45) is 0 Å². The molecule has 1 aliphatic carbocycles. The first kappa shape index (κ1) is 15.3. The number of hydrogen-bond donors (Lipinski definition) is 1. The van der Waals surface area contributed by atoms with Crippen molar-refractivity contribution in [3.8, 4) is 0 Å². The fraction of sp³-hybridized carbons (Fsp3) is 0.263. The Kier molecular flexibility index (Phi) is 4.42. The van der Waals surface area contributed by atoms with Gasteiger partial charge in [0, 0.05) is 13.1 Å². The lowest BCUT2D eigenvalue weighted by Crippen LogP contribution is -2.40. The summed E-state index contributed by atoms with van der Waals surface area (Å²) < 4.78 is 0. The lowest BCUT2D eigenvalue weighted by atomic mass is 9.77. The molecule has 0 fully saturated rings. The van der Waals surface area contributed by atoms with Crippen molar-refractivity contribution in [1.29, 1.82) is 0 Å². The first-order chi connectivity index (χ1) is 11.1. The van der Waals surface area contributed by atoms with Crippen LogP contribution in [0.5, 0.6) is 0 Å². The Balaban J connectivity index is 1.75. The van der Waals surface area contributed by atoms with Crippen LogP contribution in [0, 0.1) is 0 Å². The molecule has 1 unspecified atom stereocenters. The molecular weight excluding hydrogens is 290 g/mol. The minimum Gasteiger partial charge on any atom is -0.481 e. The molecule has 0 spiro atoms. The summed E-state index contributed by atoms with van der Waals surface area (Å²) in [6.45, 7) is 0.688. The first-order valence-electron chi connectivity index (χ1n) is 7.77. The number of benzene rings is 2. The number of carbonyl (C=O) groups excluding carboxylic acids is 1. The Morgan fingerprint density at radius 2 is 1.74 bits per heavy atom. The third-order valence-corrected chi connectivity index (χ3v) is 4.28. The number of fused-ring (bicyclic) bond motifs is 1. The SMILES string of the molecule is O=C(O)CCN(Cc1ccccc1)C(=O)C1Cc2ccccc21. The van der Waals surface area contributed by atoms with Gasteiger partial charge in [-0.2, -0.15) is 0 Å². The number of nitrogens with zero attached hydrogens (tertiary/aromatic N) is 1. The highest BCUT2D eigenvalue weighted by atomic mass is 16.4. The number of amides is 1. The molecule has 1 aliphatic rings. The molecule has 1 atom stereocenters. The summed E-state index contributed by atoms with van der Waals surface area (Å²) in [7, 11) is 0. The zero-order chi connectivity index (χ0) is 16.2. The highest BCUT2D eigenvalue weighted by molar-refractivity contribution is 5.87. The lowest BCUT2D eigenvalue weighted by molar-refractivity contribution is -0.139. The third-order valence-electron chi connectivity index (χ3n) is 4.28. The molecule has 0 saturated carbocycles. The summed E-state index contributed by atoms with van der Waals surface area (Å²) >= 11 is 0. The maximum absolute atomic E-state index is 12.8. The van der Waals surface area contributed by atoms with Crippen molar-refractivity contribution < 1.29 is 14.7 Å². The quantitative estimate of drug-likeness (QED) is 0.892. The van der Waals surface area contributed by atoms with E-state index in [1.807, 2.05) is 54.6 Å². The number of aliphatic carboxylic acids is 1. The Labute approximate surface area is 135 Å². The Hall–Kier alpha value is -2.62. The maximum Gasteiger partial charge on any atom is 0.305 e. The van der Waals surface area contributed by atoms with Crippen LogP contribution >= 0.6 is 0 Å². The Morgan fingerprint density at radius 1 is 1.04 bits per heavy atom. The third kappa shape index (κ3) is 3.42. The molecule has 0 aliphatic heterocycles. The van der Waals surface area contributed by atoms with Crippen molar-refractivity contribution in [3.05, 3.63) is 71.3 Å². The highest BCUT2D eigenvalue weighted by Gasteiger charge is 2.34. The van der Waals surface area contributed by atoms with Gasteiger partial charge in [0.25, 0.3) is 0 Å². The molecule has 2 aromatic rings. The van der Waals surface area contributed by atoms with Gasteiger partial charge in [-0.3, -0.25) is 9.59 Å². The average molecular weight is 309 g/mol. The molecule has 3 rings (SSSR count). The van der Waals surface area contributed by atoms with Crippen LogP contribution in [0.4, 0.5) is 0 Å². The van der Waals surface area contributed by atoms with Crippen LogP contribution in [0.3, 0.4) is 0 Å². The van der Waals surface area contributed by atoms with Crippen LogP contribution in [0.1, 0.15) is 29.0 Å². The molecule has 118 valence electrons. The van der Waals surface area contributed by atoms with E-state index in [1.54, 1.807) is 4.90 Å². The van der Waals surface area contributed by atoms with Crippen LogP contribution in [0.15, 0.2) is 54.6 Å². The normalized spacial score (nSPS) is 15.4. The van der Waals surface area contributed by atoms with Gasteiger partial charge in [-0.1, -0.05) is 54.6 Å². The number of carboxylic acid groups (broad SMARTS) is 1. The minimum absolute atomic E-state index is 0.0220. The number of rotatable bonds is 6. The Morgan fingerprint density at radius 3 is 2.43 bits per heavy atom. The molecule has 2 aromatic carbocycles. The van der Waals surface area contributed by atoms with Gasteiger partial charge in [-0.15, -0.1) is 0 Å². The molecule has 0 heterocycles. The van der Waals surface area contributed by atoms with Gasteiger partial charge in [0.15, 0.2) is 0 Å². The summed E-state index contributed by atoms with van der Waals surface area (Å²) in [6, 6.07) is 17.6. The van der Waals surface area contributed by atoms with E-state index in [4.69, 9.17) is 5.11 Å². The van der Waals surface area contributed by atoms with E-state index in [0.717, 1.165) is 17.5 Å². The number of carbonyl (C=O) groups is 2. The van der Waals surface area contributed by atoms with Crippen molar-refractivity contribution in [2.75, 3.05) is 6.54 Å². The van der Waals surface area contributed by atoms with E-state index in [2.05, 4.69) is 0 Å². The van der Waals surface area contributed by atoms with Crippen LogP contribution in [0.25, 0.3) is 0 Å².